The second kappa shape index (κ2) is 7.07. The minimum atomic E-state index is -0.336. The van der Waals surface area contributed by atoms with E-state index in [0.717, 1.165) is 38.8 Å². The van der Waals surface area contributed by atoms with Crippen molar-refractivity contribution in [2.75, 3.05) is 19.7 Å². The number of nitrogens with one attached hydrogen (secondary N) is 1. The number of ether oxygens (including phenoxy) is 1. The Hall–Kier alpha value is -1.10. The average Bonchev–Trinajstić information content (AvgIpc) is 2.84. The second-order valence-corrected chi connectivity index (χ2v) is 5.81. The molecule has 2 amide bonds. The van der Waals surface area contributed by atoms with Gasteiger partial charge in [-0.1, -0.05) is 20.3 Å². The lowest BCUT2D eigenvalue weighted by molar-refractivity contribution is -0.134. The SMILES string of the molecule is CCCC1NC(=O)CCN(CC2CCOC2CC)C1=O. The normalized spacial score (nSPS) is 31.3. The smallest absolute Gasteiger partial charge is 0.245 e. The number of carbonyl (C=O) groups is 2. The van der Waals surface area contributed by atoms with Crippen LogP contribution in [0.25, 0.3) is 0 Å². The van der Waals surface area contributed by atoms with E-state index in [1.165, 1.54) is 0 Å². The number of rotatable bonds is 5. The fourth-order valence-corrected chi connectivity index (χ4v) is 3.20. The summed E-state index contributed by atoms with van der Waals surface area (Å²) in [7, 11) is 0. The summed E-state index contributed by atoms with van der Waals surface area (Å²) in [5.41, 5.74) is 0. The molecule has 2 aliphatic heterocycles. The summed E-state index contributed by atoms with van der Waals surface area (Å²) in [6, 6.07) is -0.336. The van der Waals surface area contributed by atoms with Crippen molar-refractivity contribution in [3.05, 3.63) is 0 Å². The minimum Gasteiger partial charge on any atom is -0.378 e. The van der Waals surface area contributed by atoms with Gasteiger partial charge in [-0.15, -0.1) is 0 Å². The van der Waals surface area contributed by atoms with Crippen LogP contribution in [0.1, 0.15) is 46.0 Å². The first kappa shape index (κ1) is 15.3. The Morgan fingerprint density at radius 2 is 2.15 bits per heavy atom. The first-order valence-electron chi connectivity index (χ1n) is 7.85. The Labute approximate surface area is 121 Å². The minimum absolute atomic E-state index is 0.00554. The molecule has 2 fully saturated rings. The number of carbonyl (C=O) groups excluding carboxylic acids is 2. The van der Waals surface area contributed by atoms with Crippen LogP contribution in [0.4, 0.5) is 0 Å². The quantitative estimate of drug-likeness (QED) is 0.827. The van der Waals surface area contributed by atoms with Crippen LogP contribution in [-0.4, -0.2) is 48.6 Å². The monoisotopic (exact) mass is 282 g/mol. The van der Waals surface area contributed by atoms with Crippen LogP contribution < -0.4 is 5.32 Å². The van der Waals surface area contributed by atoms with Crippen molar-refractivity contribution in [2.24, 2.45) is 5.92 Å². The summed E-state index contributed by atoms with van der Waals surface area (Å²) in [6.45, 7) is 6.22. The van der Waals surface area contributed by atoms with E-state index in [1.807, 2.05) is 11.8 Å². The summed E-state index contributed by atoms with van der Waals surface area (Å²) in [5.74, 6) is 0.493. The molecule has 114 valence electrons. The lowest BCUT2D eigenvalue weighted by Gasteiger charge is -2.28. The molecule has 5 nitrogen and oxygen atoms in total. The Morgan fingerprint density at radius 1 is 1.35 bits per heavy atom. The van der Waals surface area contributed by atoms with Crippen molar-refractivity contribution in [3.63, 3.8) is 0 Å². The van der Waals surface area contributed by atoms with Gasteiger partial charge in [-0.25, -0.2) is 0 Å². The molecule has 0 radical (unpaired) electrons. The van der Waals surface area contributed by atoms with Gasteiger partial charge in [0.15, 0.2) is 0 Å². The van der Waals surface area contributed by atoms with Crippen molar-refractivity contribution in [1.29, 1.82) is 0 Å². The highest BCUT2D eigenvalue weighted by molar-refractivity contribution is 5.89. The van der Waals surface area contributed by atoms with Crippen molar-refractivity contribution in [2.45, 2.75) is 58.1 Å². The third kappa shape index (κ3) is 3.51. The van der Waals surface area contributed by atoms with E-state index in [-0.39, 0.29) is 24.0 Å². The molecule has 0 aromatic heterocycles. The molecule has 2 heterocycles. The molecule has 0 aromatic rings. The molecule has 0 bridgehead atoms. The predicted octanol–water partition coefficient (Wildman–Crippen LogP) is 1.32. The van der Waals surface area contributed by atoms with Gasteiger partial charge in [-0.3, -0.25) is 9.59 Å². The Bertz CT molecular complexity index is 359. The van der Waals surface area contributed by atoms with Gasteiger partial charge in [0.2, 0.25) is 11.8 Å². The van der Waals surface area contributed by atoms with Crippen LogP contribution >= 0.6 is 0 Å². The lowest BCUT2D eigenvalue weighted by atomic mass is 9.98. The van der Waals surface area contributed by atoms with Gasteiger partial charge in [-0.2, -0.15) is 0 Å². The molecular weight excluding hydrogens is 256 g/mol. The van der Waals surface area contributed by atoms with Crippen molar-refractivity contribution in [1.82, 2.24) is 10.2 Å². The van der Waals surface area contributed by atoms with Gasteiger partial charge in [0.1, 0.15) is 6.04 Å². The van der Waals surface area contributed by atoms with E-state index in [1.54, 1.807) is 0 Å². The molecule has 3 atom stereocenters. The van der Waals surface area contributed by atoms with Gasteiger partial charge in [0.05, 0.1) is 6.10 Å². The summed E-state index contributed by atoms with van der Waals surface area (Å²) in [6.07, 6.45) is 4.30. The van der Waals surface area contributed by atoms with Crippen LogP contribution in [0.5, 0.6) is 0 Å². The van der Waals surface area contributed by atoms with Crippen LogP contribution in [0.2, 0.25) is 0 Å². The van der Waals surface area contributed by atoms with Crippen molar-refractivity contribution >= 4 is 11.8 Å². The van der Waals surface area contributed by atoms with E-state index in [9.17, 15) is 9.59 Å². The van der Waals surface area contributed by atoms with Crippen LogP contribution in [0.15, 0.2) is 0 Å². The first-order valence-corrected chi connectivity index (χ1v) is 7.85. The number of hydrogen-bond donors (Lipinski definition) is 1. The third-order valence-electron chi connectivity index (χ3n) is 4.33. The molecule has 0 spiro atoms. The van der Waals surface area contributed by atoms with Gasteiger partial charge in [0, 0.05) is 32.0 Å². The van der Waals surface area contributed by atoms with E-state index in [0.29, 0.717) is 18.9 Å². The topological polar surface area (TPSA) is 58.6 Å². The number of nitrogens with zero attached hydrogens (tertiary/aromatic N) is 1. The highest BCUT2D eigenvalue weighted by Crippen LogP contribution is 2.25. The molecular formula is C15H26N2O3. The third-order valence-corrected chi connectivity index (χ3v) is 4.33. The molecule has 0 aromatic carbocycles. The molecule has 2 rings (SSSR count). The summed E-state index contributed by atoms with van der Waals surface area (Å²) >= 11 is 0. The average molecular weight is 282 g/mol. The molecule has 0 aliphatic carbocycles. The molecule has 5 heteroatoms. The second-order valence-electron chi connectivity index (χ2n) is 5.81. The highest BCUT2D eigenvalue weighted by Gasteiger charge is 2.34. The molecule has 1 N–H and O–H groups in total. The van der Waals surface area contributed by atoms with Gasteiger partial charge < -0.3 is 15.0 Å². The maximum absolute atomic E-state index is 12.5. The van der Waals surface area contributed by atoms with Crippen LogP contribution in [0, 0.1) is 5.92 Å². The van der Waals surface area contributed by atoms with Gasteiger partial charge in [0.25, 0.3) is 0 Å². The lowest BCUT2D eigenvalue weighted by Crippen LogP contribution is -2.46. The van der Waals surface area contributed by atoms with Crippen LogP contribution in [-0.2, 0) is 14.3 Å². The molecule has 0 saturated carbocycles. The zero-order chi connectivity index (χ0) is 14.5. The molecule has 3 unspecified atom stereocenters. The molecule has 2 saturated heterocycles. The Balaban J connectivity index is 2.01. The molecule has 2 aliphatic rings. The number of hydrogen-bond acceptors (Lipinski definition) is 3. The Morgan fingerprint density at radius 3 is 2.85 bits per heavy atom. The summed E-state index contributed by atoms with van der Waals surface area (Å²) < 4.78 is 5.70. The van der Waals surface area contributed by atoms with E-state index < -0.39 is 0 Å². The maximum atomic E-state index is 12.5. The number of amides is 2. The van der Waals surface area contributed by atoms with Crippen molar-refractivity contribution in [3.8, 4) is 0 Å². The highest BCUT2D eigenvalue weighted by atomic mass is 16.5. The van der Waals surface area contributed by atoms with E-state index in [4.69, 9.17) is 4.74 Å². The van der Waals surface area contributed by atoms with Crippen molar-refractivity contribution < 1.29 is 14.3 Å². The fourth-order valence-electron chi connectivity index (χ4n) is 3.20. The zero-order valence-electron chi connectivity index (χ0n) is 12.6. The summed E-state index contributed by atoms with van der Waals surface area (Å²) in [5, 5.41) is 2.85. The first-order chi connectivity index (χ1) is 9.65. The largest absolute Gasteiger partial charge is 0.378 e. The fraction of sp³-hybridized carbons (Fsp3) is 0.867. The van der Waals surface area contributed by atoms with E-state index >= 15 is 0 Å². The van der Waals surface area contributed by atoms with Gasteiger partial charge >= 0.3 is 0 Å². The Kier molecular flexibility index (Phi) is 5.40. The van der Waals surface area contributed by atoms with Crippen LogP contribution in [0.3, 0.4) is 0 Å². The maximum Gasteiger partial charge on any atom is 0.245 e. The predicted molar refractivity (Wildman–Crippen MR) is 76.2 cm³/mol. The zero-order valence-corrected chi connectivity index (χ0v) is 12.6. The molecule has 20 heavy (non-hydrogen) atoms. The standard InChI is InChI=1S/C15H26N2O3/c1-3-5-12-15(19)17(8-6-14(18)16-12)10-11-7-9-20-13(11)4-2/h11-13H,3-10H2,1-2H3,(H,16,18). The van der Waals surface area contributed by atoms with E-state index in [2.05, 4.69) is 12.2 Å². The summed E-state index contributed by atoms with van der Waals surface area (Å²) in [4.78, 5) is 26.1. The van der Waals surface area contributed by atoms with Gasteiger partial charge in [-0.05, 0) is 19.3 Å².